The standard InChI is InChI=1S/C18H17BrClN3O2S/c1-2-5-16(24)21-11-8-9-14(20)15(10-11)22-18(26)23-17(25)12-6-3-4-7-13(12)19/h3-4,6-10H,2,5H2,1H3,(H,21,24)(H2,22,23,25,26). The number of carbonyl (C=O) groups is 2. The van der Waals surface area contributed by atoms with Gasteiger partial charge in [-0.2, -0.15) is 0 Å². The molecule has 0 aliphatic rings. The molecule has 2 aromatic carbocycles. The van der Waals surface area contributed by atoms with Crippen LogP contribution in [0.15, 0.2) is 46.9 Å². The first-order chi connectivity index (χ1) is 12.4. The molecule has 0 saturated carbocycles. The lowest BCUT2D eigenvalue weighted by atomic mass is 10.2. The summed E-state index contributed by atoms with van der Waals surface area (Å²) in [6, 6.07) is 12.0. The van der Waals surface area contributed by atoms with Crippen molar-refractivity contribution in [2.45, 2.75) is 19.8 Å². The molecule has 8 heteroatoms. The van der Waals surface area contributed by atoms with Crippen molar-refractivity contribution in [1.82, 2.24) is 5.32 Å². The van der Waals surface area contributed by atoms with Gasteiger partial charge in [0.2, 0.25) is 5.91 Å². The van der Waals surface area contributed by atoms with Crippen LogP contribution in [0, 0.1) is 0 Å². The van der Waals surface area contributed by atoms with Crippen LogP contribution < -0.4 is 16.0 Å². The maximum absolute atomic E-state index is 12.3. The molecule has 136 valence electrons. The number of thiocarbonyl (C=S) groups is 1. The number of amides is 2. The smallest absolute Gasteiger partial charge is 0.258 e. The zero-order valence-corrected chi connectivity index (χ0v) is 17.1. The van der Waals surface area contributed by atoms with Gasteiger partial charge in [0.1, 0.15) is 0 Å². The maximum Gasteiger partial charge on any atom is 0.258 e. The highest BCUT2D eigenvalue weighted by Crippen LogP contribution is 2.26. The molecule has 0 spiro atoms. The van der Waals surface area contributed by atoms with Gasteiger partial charge in [-0.05, 0) is 64.9 Å². The van der Waals surface area contributed by atoms with Crippen LogP contribution in [0.25, 0.3) is 0 Å². The summed E-state index contributed by atoms with van der Waals surface area (Å²) in [5.41, 5.74) is 1.54. The van der Waals surface area contributed by atoms with E-state index >= 15 is 0 Å². The third kappa shape index (κ3) is 5.79. The second-order valence-corrected chi connectivity index (χ2v) is 7.05. The van der Waals surface area contributed by atoms with E-state index in [1.54, 1.807) is 36.4 Å². The Labute approximate surface area is 170 Å². The first-order valence-electron chi connectivity index (χ1n) is 7.87. The van der Waals surface area contributed by atoms with Crippen molar-refractivity contribution in [2.24, 2.45) is 0 Å². The van der Waals surface area contributed by atoms with Crippen LogP contribution in [0.5, 0.6) is 0 Å². The van der Waals surface area contributed by atoms with Crippen molar-refractivity contribution in [3.63, 3.8) is 0 Å². The van der Waals surface area contributed by atoms with E-state index in [0.717, 1.165) is 6.42 Å². The molecule has 0 radical (unpaired) electrons. The average molecular weight is 455 g/mol. The Kier molecular flexibility index (Phi) is 7.56. The van der Waals surface area contributed by atoms with E-state index in [1.165, 1.54) is 0 Å². The predicted molar refractivity (Wildman–Crippen MR) is 113 cm³/mol. The summed E-state index contributed by atoms with van der Waals surface area (Å²) >= 11 is 14.7. The molecule has 0 aliphatic heterocycles. The Hall–Kier alpha value is -1.96. The molecule has 0 aliphatic carbocycles. The van der Waals surface area contributed by atoms with Crippen molar-refractivity contribution in [1.29, 1.82) is 0 Å². The summed E-state index contributed by atoms with van der Waals surface area (Å²) in [5, 5.41) is 8.77. The molecule has 0 bridgehead atoms. The SMILES string of the molecule is CCCC(=O)Nc1ccc(Cl)c(NC(=S)NC(=O)c2ccccc2Br)c1. The third-order valence-electron chi connectivity index (χ3n) is 3.32. The number of anilines is 2. The predicted octanol–water partition coefficient (Wildman–Crippen LogP) is 4.97. The van der Waals surface area contributed by atoms with E-state index in [-0.39, 0.29) is 16.9 Å². The summed E-state index contributed by atoms with van der Waals surface area (Å²) < 4.78 is 0.666. The molecule has 0 aromatic heterocycles. The van der Waals surface area contributed by atoms with Gasteiger partial charge < -0.3 is 10.6 Å². The van der Waals surface area contributed by atoms with Crippen LogP contribution in [0.1, 0.15) is 30.1 Å². The molecule has 2 aromatic rings. The Balaban J connectivity index is 2.05. The molecule has 3 N–H and O–H groups in total. The average Bonchev–Trinajstić information content (AvgIpc) is 2.58. The van der Waals surface area contributed by atoms with Crippen molar-refractivity contribution in [3.05, 3.63) is 57.5 Å². The van der Waals surface area contributed by atoms with Crippen LogP contribution in [-0.2, 0) is 4.79 Å². The first kappa shape index (κ1) is 20.4. The first-order valence-corrected chi connectivity index (χ1v) is 9.45. The monoisotopic (exact) mass is 453 g/mol. The van der Waals surface area contributed by atoms with E-state index in [1.807, 2.05) is 13.0 Å². The fourth-order valence-electron chi connectivity index (χ4n) is 2.12. The number of benzene rings is 2. The van der Waals surface area contributed by atoms with E-state index in [0.29, 0.717) is 32.9 Å². The number of halogens is 2. The van der Waals surface area contributed by atoms with E-state index in [2.05, 4.69) is 31.9 Å². The largest absolute Gasteiger partial charge is 0.331 e. The number of nitrogens with one attached hydrogen (secondary N) is 3. The van der Waals surface area contributed by atoms with E-state index in [4.69, 9.17) is 23.8 Å². The van der Waals surface area contributed by atoms with Gasteiger partial charge in [0, 0.05) is 16.6 Å². The van der Waals surface area contributed by atoms with Gasteiger partial charge in [0.25, 0.3) is 5.91 Å². The molecule has 26 heavy (non-hydrogen) atoms. The Morgan fingerprint density at radius 3 is 2.58 bits per heavy atom. The number of carbonyl (C=O) groups excluding carboxylic acids is 2. The highest BCUT2D eigenvalue weighted by atomic mass is 79.9. The van der Waals surface area contributed by atoms with Gasteiger partial charge in [0.15, 0.2) is 5.11 Å². The van der Waals surface area contributed by atoms with Crippen LogP contribution in [0.2, 0.25) is 5.02 Å². The summed E-state index contributed by atoms with van der Waals surface area (Å²) in [6.07, 6.45) is 1.20. The second kappa shape index (κ2) is 9.66. The zero-order valence-electron chi connectivity index (χ0n) is 13.9. The molecule has 0 atom stereocenters. The Morgan fingerprint density at radius 1 is 1.15 bits per heavy atom. The molecule has 0 heterocycles. The Morgan fingerprint density at radius 2 is 1.88 bits per heavy atom. The minimum absolute atomic E-state index is 0.0782. The van der Waals surface area contributed by atoms with Gasteiger partial charge in [0.05, 0.1) is 16.3 Å². The third-order valence-corrected chi connectivity index (χ3v) is 4.55. The van der Waals surface area contributed by atoms with Crippen molar-refractivity contribution in [2.75, 3.05) is 10.6 Å². The van der Waals surface area contributed by atoms with Crippen molar-refractivity contribution in [3.8, 4) is 0 Å². The lowest BCUT2D eigenvalue weighted by molar-refractivity contribution is -0.116. The maximum atomic E-state index is 12.3. The second-order valence-electron chi connectivity index (χ2n) is 5.38. The molecule has 0 saturated heterocycles. The summed E-state index contributed by atoms with van der Waals surface area (Å²) in [7, 11) is 0. The summed E-state index contributed by atoms with van der Waals surface area (Å²) in [4.78, 5) is 24.0. The fourth-order valence-corrected chi connectivity index (χ4v) is 2.95. The zero-order chi connectivity index (χ0) is 19.1. The minimum atomic E-state index is -0.349. The van der Waals surface area contributed by atoms with Gasteiger partial charge in [-0.15, -0.1) is 0 Å². The van der Waals surface area contributed by atoms with Gasteiger partial charge in [-0.3, -0.25) is 14.9 Å². The molecular weight excluding hydrogens is 438 g/mol. The fraction of sp³-hybridized carbons (Fsp3) is 0.167. The molecule has 5 nitrogen and oxygen atoms in total. The number of hydrogen-bond acceptors (Lipinski definition) is 3. The Bertz CT molecular complexity index is 845. The van der Waals surface area contributed by atoms with Crippen molar-refractivity contribution >= 4 is 68.1 Å². The van der Waals surface area contributed by atoms with Crippen LogP contribution in [0.3, 0.4) is 0 Å². The molecule has 2 amide bonds. The number of hydrogen-bond donors (Lipinski definition) is 3. The summed E-state index contributed by atoms with van der Waals surface area (Å²) in [5.74, 6) is -0.427. The highest BCUT2D eigenvalue weighted by Gasteiger charge is 2.12. The topological polar surface area (TPSA) is 70.2 Å². The quantitative estimate of drug-likeness (QED) is 0.558. The van der Waals surface area contributed by atoms with Gasteiger partial charge in [-0.25, -0.2) is 0 Å². The molecule has 2 rings (SSSR count). The highest BCUT2D eigenvalue weighted by molar-refractivity contribution is 9.10. The molecular formula is C18H17BrClN3O2S. The lowest BCUT2D eigenvalue weighted by Gasteiger charge is -2.13. The lowest BCUT2D eigenvalue weighted by Crippen LogP contribution is -2.34. The van der Waals surface area contributed by atoms with E-state index in [9.17, 15) is 9.59 Å². The van der Waals surface area contributed by atoms with Gasteiger partial charge >= 0.3 is 0 Å². The van der Waals surface area contributed by atoms with Crippen LogP contribution >= 0.6 is 39.7 Å². The molecule has 0 fully saturated rings. The van der Waals surface area contributed by atoms with Gasteiger partial charge in [-0.1, -0.05) is 30.7 Å². The van der Waals surface area contributed by atoms with Crippen LogP contribution in [0.4, 0.5) is 11.4 Å². The minimum Gasteiger partial charge on any atom is -0.331 e. The van der Waals surface area contributed by atoms with E-state index < -0.39 is 0 Å². The van der Waals surface area contributed by atoms with Crippen molar-refractivity contribution < 1.29 is 9.59 Å². The van der Waals surface area contributed by atoms with Crippen LogP contribution in [-0.4, -0.2) is 16.9 Å². The normalized spacial score (nSPS) is 10.1. The summed E-state index contributed by atoms with van der Waals surface area (Å²) in [6.45, 7) is 1.93. The molecule has 0 unspecified atom stereocenters. The number of rotatable bonds is 5.